The summed E-state index contributed by atoms with van der Waals surface area (Å²) in [5.74, 6) is 0.480. The maximum absolute atomic E-state index is 14.3. The first-order valence-corrected chi connectivity index (χ1v) is 11.1. The lowest BCUT2D eigenvalue weighted by Crippen LogP contribution is -2.31. The van der Waals surface area contributed by atoms with Crippen molar-refractivity contribution < 1.29 is 9.28 Å². The first-order valence-electron chi connectivity index (χ1n) is 10.8. The van der Waals surface area contributed by atoms with Crippen molar-refractivity contribution in [2.45, 2.75) is 25.7 Å². The van der Waals surface area contributed by atoms with Gasteiger partial charge in [-0.1, -0.05) is 46.4 Å². The molecule has 0 aliphatic carbocycles. The number of halogens is 3. The van der Waals surface area contributed by atoms with Crippen molar-refractivity contribution in [3.63, 3.8) is 0 Å². The average Bonchev–Trinajstić information content (AvgIpc) is 3.31. The van der Waals surface area contributed by atoms with Gasteiger partial charge in [-0.3, -0.25) is 9.69 Å². The number of fused-ring (bicyclic) bond motifs is 2. The van der Waals surface area contributed by atoms with Crippen LogP contribution < -0.4 is 4.90 Å². The number of anilines is 1. The summed E-state index contributed by atoms with van der Waals surface area (Å²) in [6, 6.07) is 13.6. The molecule has 4 nitrogen and oxygen atoms in total. The standard InChI is InChI=1S/C25H25ClFN3O.ClH/c1-17(31)29-15-19(21-4-2-3-5-24(21)29)10-13-28-11-8-18(9-12-28)23-16-30(27)25-14-20(26)6-7-22(23)25;/h2-8,14,16,19H,9-13,15H2,1H3;1H. The zero-order valence-corrected chi connectivity index (χ0v) is 19.5. The third-order valence-corrected chi connectivity index (χ3v) is 6.84. The van der Waals surface area contributed by atoms with E-state index in [9.17, 15) is 9.28 Å². The van der Waals surface area contributed by atoms with Gasteiger partial charge in [-0.15, -0.1) is 12.4 Å². The molecule has 2 aromatic carbocycles. The SMILES string of the molecule is CC(=O)N1CC(CCN2CC=C(c3cn(F)c4cc(Cl)ccc34)CC2)c2ccccc21.Cl. The van der Waals surface area contributed by atoms with Gasteiger partial charge in [0.15, 0.2) is 0 Å². The van der Waals surface area contributed by atoms with Gasteiger partial charge in [-0.05, 0) is 48.7 Å². The van der Waals surface area contributed by atoms with E-state index in [0.29, 0.717) is 21.2 Å². The summed E-state index contributed by atoms with van der Waals surface area (Å²) in [6.45, 7) is 5.19. The third-order valence-electron chi connectivity index (χ3n) is 6.61. The zero-order valence-electron chi connectivity index (χ0n) is 17.9. The van der Waals surface area contributed by atoms with Gasteiger partial charge in [0.05, 0.1) is 5.52 Å². The molecular formula is C25H26Cl2FN3O. The van der Waals surface area contributed by atoms with E-state index in [1.165, 1.54) is 11.1 Å². The molecule has 0 spiro atoms. The lowest BCUT2D eigenvalue weighted by molar-refractivity contribution is -0.116. The maximum atomic E-state index is 14.3. The molecule has 1 amide bonds. The Hall–Kier alpha value is -2.34. The maximum Gasteiger partial charge on any atom is 0.223 e. The fourth-order valence-corrected chi connectivity index (χ4v) is 5.12. The number of rotatable bonds is 4. The van der Waals surface area contributed by atoms with Crippen molar-refractivity contribution in [2.75, 3.05) is 31.1 Å². The molecule has 2 aliphatic heterocycles. The fraction of sp³-hybridized carbons (Fsp3) is 0.320. The van der Waals surface area contributed by atoms with Crippen LogP contribution in [0.3, 0.4) is 0 Å². The van der Waals surface area contributed by atoms with Crippen LogP contribution in [-0.2, 0) is 4.79 Å². The predicted molar refractivity (Wildman–Crippen MR) is 132 cm³/mol. The van der Waals surface area contributed by atoms with Crippen LogP contribution in [0.2, 0.25) is 5.02 Å². The average molecular weight is 474 g/mol. The summed E-state index contributed by atoms with van der Waals surface area (Å²) in [5.41, 5.74) is 4.99. The van der Waals surface area contributed by atoms with E-state index in [1.54, 1.807) is 19.2 Å². The Balaban J connectivity index is 0.00000245. The lowest BCUT2D eigenvalue weighted by Gasteiger charge is -2.27. The van der Waals surface area contributed by atoms with Crippen LogP contribution in [0.5, 0.6) is 0 Å². The van der Waals surface area contributed by atoms with Crippen LogP contribution in [0.4, 0.5) is 10.2 Å². The first-order chi connectivity index (χ1) is 15.0. The molecule has 5 rings (SSSR count). The first kappa shape index (κ1) is 22.8. The number of hydrogen-bond donors (Lipinski definition) is 0. The normalized spacial score (nSPS) is 18.4. The van der Waals surface area contributed by atoms with Gasteiger partial charge >= 0.3 is 0 Å². The Morgan fingerprint density at radius 1 is 1.22 bits per heavy atom. The van der Waals surface area contributed by atoms with Crippen LogP contribution in [0, 0.1) is 0 Å². The highest BCUT2D eigenvalue weighted by Gasteiger charge is 2.30. The molecule has 168 valence electrons. The van der Waals surface area contributed by atoms with Crippen LogP contribution in [0.25, 0.3) is 16.5 Å². The van der Waals surface area contributed by atoms with Gasteiger partial charge in [0, 0.05) is 60.3 Å². The largest absolute Gasteiger partial charge is 0.312 e. The highest BCUT2D eigenvalue weighted by Crippen LogP contribution is 2.38. The minimum absolute atomic E-state index is 0. The molecule has 1 atom stereocenters. The third kappa shape index (κ3) is 4.17. The van der Waals surface area contributed by atoms with Gasteiger partial charge in [0.1, 0.15) is 0 Å². The molecule has 0 saturated carbocycles. The number of benzene rings is 2. The Kier molecular flexibility index (Phi) is 6.61. The molecule has 32 heavy (non-hydrogen) atoms. The minimum atomic E-state index is 0. The molecule has 1 unspecified atom stereocenters. The molecule has 0 fully saturated rings. The van der Waals surface area contributed by atoms with Crippen molar-refractivity contribution in [1.82, 2.24) is 9.69 Å². The molecule has 0 N–H and O–H groups in total. The molecular weight excluding hydrogens is 448 g/mol. The van der Waals surface area contributed by atoms with Crippen LogP contribution in [0.15, 0.2) is 54.7 Å². The highest BCUT2D eigenvalue weighted by atomic mass is 35.5. The smallest absolute Gasteiger partial charge is 0.223 e. The number of hydrogen-bond acceptors (Lipinski definition) is 2. The Bertz CT molecular complexity index is 1190. The number of nitrogens with zero attached hydrogens (tertiary/aromatic N) is 3. The van der Waals surface area contributed by atoms with Gasteiger partial charge in [0.2, 0.25) is 5.91 Å². The van der Waals surface area contributed by atoms with Gasteiger partial charge in [0.25, 0.3) is 0 Å². The fourth-order valence-electron chi connectivity index (χ4n) is 4.96. The Labute approximate surface area is 198 Å². The summed E-state index contributed by atoms with van der Waals surface area (Å²) in [7, 11) is 0. The predicted octanol–water partition coefficient (Wildman–Crippen LogP) is 6.08. The van der Waals surface area contributed by atoms with Gasteiger partial charge in [-0.25, -0.2) is 0 Å². The minimum Gasteiger partial charge on any atom is -0.312 e. The Morgan fingerprint density at radius 3 is 2.78 bits per heavy atom. The van der Waals surface area contributed by atoms with Crippen molar-refractivity contribution in [2.24, 2.45) is 0 Å². The molecule has 0 bridgehead atoms. The van der Waals surface area contributed by atoms with E-state index in [1.807, 2.05) is 29.2 Å². The Morgan fingerprint density at radius 2 is 2.03 bits per heavy atom. The second kappa shape index (κ2) is 9.26. The molecule has 7 heteroatoms. The summed E-state index contributed by atoms with van der Waals surface area (Å²) < 4.78 is 14.3. The van der Waals surface area contributed by atoms with Crippen LogP contribution >= 0.6 is 24.0 Å². The molecule has 3 heterocycles. The molecule has 0 radical (unpaired) electrons. The van der Waals surface area contributed by atoms with Crippen LogP contribution in [-0.4, -0.2) is 41.8 Å². The second-order valence-electron chi connectivity index (χ2n) is 8.47. The summed E-state index contributed by atoms with van der Waals surface area (Å²) in [5, 5.41) is 1.44. The molecule has 3 aromatic rings. The number of carbonyl (C=O) groups excluding carboxylic acids is 1. The van der Waals surface area contributed by atoms with Crippen molar-refractivity contribution in [1.29, 1.82) is 0 Å². The van der Waals surface area contributed by atoms with Crippen LogP contribution in [0.1, 0.15) is 36.8 Å². The quantitative estimate of drug-likeness (QED) is 0.459. The second-order valence-corrected chi connectivity index (χ2v) is 8.91. The summed E-state index contributed by atoms with van der Waals surface area (Å²) >= 11 is 6.03. The van der Waals surface area contributed by atoms with Crippen molar-refractivity contribution >= 4 is 52.1 Å². The van der Waals surface area contributed by atoms with Gasteiger partial charge in [-0.2, -0.15) is 4.79 Å². The summed E-state index contributed by atoms with van der Waals surface area (Å²) in [6.07, 6.45) is 5.69. The summed E-state index contributed by atoms with van der Waals surface area (Å²) in [4.78, 5) is 17.0. The van der Waals surface area contributed by atoms with Crippen molar-refractivity contribution in [3.8, 4) is 0 Å². The van der Waals surface area contributed by atoms with Gasteiger partial charge < -0.3 is 4.90 Å². The van der Waals surface area contributed by atoms with E-state index < -0.39 is 0 Å². The highest BCUT2D eigenvalue weighted by molar-refractivity contribution is 6.31. The molecule has 0 saturated heterocycles. The number of aromatic nitrogens is 1. The number of para-hydroxylation sites is 1. The monoisotopic (exact) mass is 473 g/mol. The molecule has 2 aliphatic rings. The number of amides is 1. The molecule has 1 aromatic heterocycles. The topological polar surface area (TPSA) is 28.5 Å². The number of carbonyl (C=O) groups is 1. The van der Waals surface area contributed by atoms with E-state index >= 15 is 0 Å². The lowest BCUT2D eigenvalue weighted by atomic mass is 9.96. The van der Waals surface area contributed by atoms with E-state index in [0.717, 1.165) is 55.7 Å². The van der Waals surface area contributed by atoms with Crippen molar-refractivity contribution in [3.05, 3.63) is 70.9 Å². The zero-order chi connectivity index (χ0) is 21.5. The van der Waals surface area contributed by atoms with E-state index in [4.69, 9.17) is 11.6 Å². The van der Waals surface area contributed by atoms with E-state index in [-0.39, 0.29) is 18.3 Å². The van der Waals surface area contributed by atoms with E-state index in [2.05, 4.69) is 23.1 Å².